The average Bonchev–Trinajstić information content (AvgIpc) is 3.24. The molecule has 0 unspecified atom stereocenters. The second-order valence-corrected chi connectivity index (χ2v) is 8.71. The lowest BCUT2D eigenvalue weighted by atomic mass is 10.1. The molecule has 36 heavy (non-hydrogen) atoms. The van der Waals surface area contributed by atoms with E-state index in [4.69, 9.17) is 0 Å². The van der Waals surface area contributed by atoms with Crippen molar-refractivity contribution in [2.75, 3.05) is 11.9 Å². The molecule has 0 aliphatic carbocycles. The van der Waals surface area contributed by atoms with Crippen LogP contribution in [0.4, 0.5) is 10.5 Å². The predicted octanol–water partition coefficient (Wildman–Crippen LogP) is 3.94. The van der Waals surface area contributed by atoms with Crippen molar-refractivity contribution >= 4 is 35.6 Å². The lowest BCUT2D eigenvalue weighted by Crippen LogP contribution is -2.38. The molecule has 184 valence electrons. The minimum absolute atomic E-state index is 0.0550. The van der Waals surface area contributed by atoms with Crippen LogP contribution in [0.25, 0.3) is 11.8 Å². The van der Waals surface area contributed by atoms with E-state index in [9.17, 15) is 24.3 Å². The van der Waals surface area contributed by atoms with Crippen LogP contribution in [0.2, 0.25) is 0 Å². The normalized spacial score (nSPS) is 14.3. The molecule has 4 rings (SSSR count). The third-order valence-corrected chi connectivity index (χ3v) is 6.15. The Hall–Kier alpha value is -4.66. The number of carboxylic acids is 1. The molecule has 1 fully saturated rings. The number of hydrogen-bond acceptors (Lipinski definition) is 4. The van der Waals surface area contributed by atoms with Gasteiger partial charge < -0.3 is 20.3 Å². The number of carbonyl (C=O) groups is 4. The van der Waals surface area contributed by atoms with E-state index >= 15 is 0 Å². The fourth-order valence-electron chi connectivity index (χ4n) is 4.25. The summed E-state index contributed by atoms with van der Waals surface area (Å²) in [5, 5.41) is 14.7. The van der Waals surface area contributed by atoms with Crippen LogP contribution in [0.1, 0.15) is 38.4 Å². The standard InChI is InChI=1S/C27H26N4O5/c1-15-8-10-20(11-9-15)28-24(32)14-30-25(33)22(29-27(30)36)13-19-12-16(2)31(18(19)4)23-7-5-6-21(17(23)3)26(34)35/h5-13H,14H2,1-4H3,(H,28,32)(H,29,36)(H,34,35)/b22-13+. The second kappa shape index (κ2) is 9.53. The highest BCUT2D eigenvalue weighted by molar-refractivity contribution is 6.16. The van der Waals surface area contributed by atoms with Crippen molar-refractivity contribution in [2.24, 2.45) is 0 Å². The van der Waals surface area contributed by atoms with Crippen LogP contribution in [-0.4, -0.2) is 44.9 Å². The third kappa shape index (κ3) is 4.63. The number of nitrogens with zero attached hydrogens (tertiary/aromatic N) is 2. The zero-order valence-corrected chi connectivity index (χ0v) is 20.4. The first-order valence-corrected chi connectivity index (χ1v) is 11.3. The minimum Gasteiger partial charge on any atom is -0.478 e. The van der Waals surface area contributed by atoms with Crippen molar-refractivity contribution in [3.8, 4) is 5.69 Å². The Morgan fingerprint density at radius 2 is 1.72 bits per heavy atom. The largest absolute Gasteiger partial charge is 0.478 e. The van der Waals surface area contributed by atoms with Gasteiger partial charge in [-0.3, -0.25) is 9.59 Å². The molecule has 0 radical (unpaired) electrons. The van der Waals surface area contributed by atoms with E-state index in [0.717, 1.165) is 21.9 Å². The van der Waals surface area contributed by atoms with Crippen LogP contribution in [0.15, 0.2) is 54.2 Å². The number of urea groups is 1. The lowest BCUT2D eigenvalue weighted by Gasteiger charge is -2.14. The van der Waals surface area contributed by atoms with Gasteiger partial charge in [0.15, 0.2) is 0 Å². The molecule has 9 heteroatoms. The molecule has 3 N–H and O–H groups in total. The number of amides is 4. The van der Waals surface area contributed by atoms with Gasteiger partial charge in [0.1, 0.15) is 12.2 Å². The van der Waals surface area contributed by atoms with Crippen molar-refractivity contribution in [1.82, 2.24) is 14.8 Å². The summed E-state index contributed by atoms with van der Waals surface area (Å²) in [5.74, 6) is -2.10. The molecule has 2 heterocycles. The van der Waals surface area contributed by atoms with Gasteiger partial charge in [-0.25, -0.2) is 14.5 Å². The van der Waals surface area contributed by atoms with Crippen LogP contribution in [0.3, 0.4) is 0 Å². The number of anilines is 1. The summed E-state index contributed by atoms with van der Waals surface area (Å²) in [6, 6.07) is 13.4. The maximum Gasteiger partial charge on any atom is 0.336 e. The van der Waals surface area contributed by atoms with E-state index in [0.29, 0.717) is 22.5 Å². The quantitative estimate of drug-likeness (QED) is 0.360. The van der Waals surface area contributed by atoms with Gasteiger partial charge in [0, 0.05) is 22.8 Å². The third-order valence-electron chi connectivity index (χ3n) is 6.15. The van der Waals surface area contributed by atoms with Gasteiger partial charge in [-0.2, -0.15) is 0 Å². The molecule has 0 spiro atoms. The highest BCUT2D eigenvalue weighted by Gasteiger charge is 2.35. The highest BCUT2D eigenvalue weighted by Crippen LogP contribution is 2.27. The maximum absolute atomic E-state index is 12.9. The molecule has 1 aromatic heterocycles. The van der Waals surface area contributed by atoms with Gasteiger partial charge in [-0.1, -0.05) is 23.8 Å². The Balaban J connectivity index is 1.57. The number of aromatic carboxylic acids is 1. The number of rotatable bonds is 6. The van der Waals surface area contributed by atoms with Gasteiger partial charge in [-0.05, 0) is 75.2 Å². The number of carbonyl (C=O) groups excluding carboxylic acids is 3. The molecular weight excluding hydrogens is 460 g/mol. The van der Waals surface area contributed by atoms with Gasteiger partial charge >= 0.3 is 12.0 Å². The molecule has 3 aromatic rings. The Bertz CT molecular complexity index is 1430. The van der Waals surface area contributed by atoms with Crippen molar-refractivity contribution in [3.63, 3.8) is 0 Å². The molecule has 9 nitrogen and oxygen atoms in total. The van der Waals surface area contributed by atoms with E-state index in [1.54, 1.807) is 37.3 Å². The number of aryl methyl sites for hydroxylation is 2. The first kappa shape index (κ1) is 24.5. The van der Waals surface area contributed by atoms with Crippen molar-refractivity contribution in [3.05, 3.63) is 87.9 Å². The summed E-state index contributed by atoms with van der Waals surface area (Å²) < 4.78 is 1.90. The summed E-state index contributed by atoms with van der Waals surface area (Å²) in [7, 11) is 0. The van der Waals surface area contributed by atoms with Gasteiger partial charge in [0.25, 0.3) is 5.91 Å². The molecule has 1 saturated heterocycles. The summed E-state index contributed by atoms with van der Waals surface area (Å²) in [5.41, 5.74) is 5.48. The predicted molar refractivity (Wildman–Crippen MR) is 135 cm³/mol. The molecule has 4 amide bonds. The highest BCUT2D eigenvalue weighted by atomic mass is 16.4. The number of aromatic nitrogens is 1. The van der Waals surface area contributed by atoms with E-state index in [1.807, 2.05) is 49.6 Å². The van der Waals surface area contributed by atoms with E-state index in [2.05, 4.69) is 10.6 Å². The molecule has 1 aliphatic heterocycles. The molecule has 1 aliphatic rings. The summed E-state index contributed by atoms with van der Waals surface area (Å²) in [6.45, 7) is 6.98. The molecule has 0 saturated carbocycles. The second-order valence-electron chi connectivity index (χ2n) is 8.71. The fourth-order valence-corrected chi connectivity index (χ4v) is 4.25. The molecule has 0 atom stereocenters. The van der Waals surface area contributed by atoms with Crippen LogP contribution in [-0.2, 0) is 9.59 Å². The van der Waals surface area contributed by atoms with E-state index < -0.39 is 30.4 Å². The first-order valence-electron chi connectivity index (χ1n) is 11.3. The van der Waals surface area contributed by atoms with Crippen LogP contribution >= 0.6 is 0 Å². The smallest absolute Gasteiger partial charge is 0.336 e. The van der Waals surface area contributed by atoms with Gasteiger partial charge in [0.2, 0.25) is 5.91 Å². The summed E-state index contributed by atoms with van der Waals surface area (Å²) in [6.07, 6.45) is 1.56. The van der Waals surface area contributed by atoms with Crippen LogP contribution in [0, 0.1) is 27.7 Å². The molecular formula is C27H26N4O5. The Labute approximate surface area is 208 Å². The number of imide groups is 1. The Morgan fingerprint density at radius 1 is 1.03 bits per heavy atom. The number of nitrogens with one attached hydrogen (secondary N) is 2. The Morgan fingerprint density at radius 3 is 2.39 bits per heavy atom. The lowest BCUT2D eigenvalue weighted by molar-refractivity contribution is -0.127. The van der Waals surface area contributed by atoms with Crippen LogP contribution in [0.5, 0.6) is 0 Å². The maximum atomic E-state index is 12.9. The van der Waals surface area contributed by atoms with Gasteiger partial charge in [0.05, 0.1) is 5.56 Å². The van der Waals surface area contributed by atoms with Crippen LogP contribution < -0.4 is 10.6 Å². The SMILES string of the molecule is Cc1ccc(NC(=O)CN2C(=O)N/C(=C/c3cc(C)n(-c4cccc(C(=O)O)c4C)c3C)C2=O)cc1. The fraction of sp³-hybridized carbons (Fsp3) is 0.185. The number of benzene rings is 2. The monoisotopic (exact) mass is 486 g/mol. The van der Waals surface area contributed by atoms with E-state index in [-0.39, 0.29) is 11.3 Å². The zero-order valence-electron chi connectivity index (χ0n) is 20.4. The number of hydrogen-bond donors (Lipinski definition) is 3. The first-order chi connectivity index (χ1) is 17.1. The summed E-state index contributed by atoms with van der Waals surface area (Å²) >= 11 is 0. The van der Waals surface area contributed by atoms with Crippen molar-refractivity contribution in [1.29, 1.82) is 0 Å². The topological polar surface area (TPSA) is 121 Å². The molecule has 2 aromatic carbocycles. The van der Waals surface area contributed by atoms with E-state index in [1.165, 1.54) is 0 Å². The van der Waals surface area contributed by atoms with Crippen molar-refractivity contribution < 1.29 is 24.3 Å². The minimum atomic E-state index is -1.01. The zero-order chi connectivity index (χ0) is 26.1. The average molecular weight is 487 g/mol. The molecule has 0 bridgehead atoms. The summed E-state index contributed by atoms with van der Waals surface area (Å²) in [4.78, 5) is 50.2. The van der Waals surface area contributed by atoms with Crippen molar-refractivity contribution in [2.45, 2.75) is 27.7 Å². The Kier molecular flexibility index (Phi) is 6.48. The van der Waals surface area contributed by atoms with Gasteiger partial charge in [-0.15, -0.1) is 0 Å². The number of carboxylic acid groups (broad SMARTS) is 1.